The van der Waals surface area contributed by atoms with Crippen LogP contribution in [0.2, 0.25) is 0 Å². The third kappa shape index (κ3) is 4.05. The van der Waals surface area contributed by atoms with Crippen LogP contribution in [0, 0.1) is 0 Å². The lowest BCUT2D eigenvalue weighted by Crippen LogP contribution is -2.24. The van der Waals surface area contributed by atoms with Crippen LogP contribution >= 0.6 is 0 Å². The van der Waals surface area contributed by atoms with Crippen molar-refractivity contribution in [3.05, 3.63) is 35.9 Å². The van der Waals surface area contributed by atoms with Crippen molar-refractivity contribution in [2.24, 2.45) is 0 Å². The molecule has 0 fully saturated rings. The van der Waals surface area contributed by atoms with Gasteiger partial charge in [0, 0.05) is 6.42 Å². The maximum Gasteiger partial charge on any atom is 0.221 e. The molecule has 0 aliphatic carbocycles. The molecule has 0 aromatic heterocycles. The zero-order valence-electron chi connectivity index (χ0n) is 8.32. The van der Waals surface area contributed by atoms with Gasteiger partial charge in [-0.1, -0.05) is 37.3 Å². The van der Waals surface area contributed by atoms with Crippen molar-refractivity contribution < 1.29 is 9.53 Å². The van der Waals surface area contributed by atoms with Crippen LogP contribution in [-0.4, -0.2) is 12.6 Å². The van der Waals surface area contributed by atoms with Crippen LogP contribution in [0.1, 0.15) is 18.9 Å². The summed E-state index contributed by atoms with van der Waals surface area (Å²) in [4.78, 5) is 10.8. The molecule has 76 valence electrons. The average molecular weight is 193 g/mol. The quantitative estimate of drug-likeness (QED) is 0.571. The Morgan fingerprint density at radius 1 is 1.36 bits per heavy atom. The highest BCUT2D eigenvalue weighted by Gasteiger charge is 1.95. The van der Waals surface area contributed by atoms with Crippen molar-refractivity contribution in [1.29, 1.82) is 0 Å². The van der Waals surface area contributed by atoms with Crippen molar-refractivity contribution in [3.63, 3.8) is 0 Å². The highest BCUT2D eigenvalue weighted by atomic mass is 16.5. The molecule has 0 saturated heterocycles. The molecular formula is C11H15NO2. The van der Waals surface area contributed by atoms with E-state index in [-0.39, 0.29) is 12.6 Å². The summed E-state index contributed by atoms with van der Waals surface area (Å²) in [5, 5.41) is 2.64. The molecule has 1 aromatic rings. The third-order valence-electron chi connectivity index (χ3n) is 1.80. The minimum Gasteiger partial charge on any atom is -0.357 e. The number of ether oxygens (including phenoxy) is 1. The standard InChI is InChI=1S/C11H15NO2/c1-2-11(13)12-9-14-8-10-6-4-3-5-7-10/h3-7H,2,8-9H2,1H3,(H,12,13). The Morgan fingerprint density at radius 2 is 2.07 bits per heavy atom. The summed E-state index contributed by atoms with van der Waals surface area (Å²) < 4.78 is 5.26. The van der Waals surface area contributed by atoms with Gasteiger partial charge in [0.2, 0.25) is 5.91 Å². The molecule has 0 saturated carbocycles. The largest absolute Gasteiger partial charge is 0.357 e. The molecule has 1 rings (SSSR count). The predicted molar refractivity (Wildman–Crippen MR) is 54.5 cm³/mol. The molecular weight excluding hydrogens is 178 g/mol. The lowest BCUT2D eigenvalue weighted by molar-refractivity contribution is -0.122. The summed E-state index contributed by atoms with van der Waals surface area (Å²) in [6.07, 6.45) is 0.495. The molecule has 0 aliphatic heterocycles. The van der Waals surface area contributed by atoms with Crippen LogP contribution in [0.25, 0.3) is 0 Å². The third-order valence-corrected chi connectivity index (χ3v) is 1.80. The van der Waals surface area contributed by atoms with Crippen molar-refractivity contribution in [1.82, 2.24) is 5.32 Å². The summed E-state index contributed by atoms with van der Waals surface area (Å²) in [5.41, 5.74) is 1.11. The first-order chi connectivity index (χ1) is 6.83. The molecule has 3 heteroatoms. The Bertz CT molecular complexity index is 272. The maximum absolute atomic E-state index is 10.8. The first kappa shape index (κ1) is 10.7. The fourth-order valence-electron chi connectivity index (χ4n) is 1.000. The van der Waals surface area contributed by atoms with E-state index < -0.39 is 0 Å². The molecule has 0 heterocycles. The van der Waals surface area contributed by atoms with E-state index in [1.54, 1.807) is 0 Å². The number of hydrogen-bond acceptors (Lipinski definition) is 2. The predicted octanol–water partition coefficient (Wildman–Crippen LogP) is 1.69. The van der Waals surface area contributed by atoms with E-state index in [9.17, 15) is 4.79 Å². The SMILES string of the molecule is CCC(=O)NCOCc1ccccc1. The van der Waals surface area contributed by atoms with Crippen molar-refractivity contribution >= 4 is 5.91 Å². The summed E-state index contributed by atoms with van der Waals surface area (Å²) in [7, 11) is 0. The molecule has 0 atom stereocenters. The Balaban J connectivity index is 2.13. The maximum atomic E-state index is 10.8. The van der Waals surface area contributed by atoms with Gasteiger partial charge in [-0.25, -0.2) is 0 Å². The lowest BCUT2D eigenvalue weighted by Gasteiger charge is -2.05. The van der Waals surface area contributed by atoms with E-state index in [0.29, 0.717) is 13.0 Å². The Kier molecular flexibility index (Phi) is 4.72. The van der Waals surface area contributed by atoms with Gasteiger partial charge in [0.15, 0.2) is 0 Å². The monoisotopic (exact) mass is 193 g/mol. The van der Waals surface area contributed by atoms with Crippen LogP contribution < -0.4 is 5.32 Å². The van der Waals surface area contributed by atoms with Crippen LogP contribution in [0.15, 0.2) is 30.3 Å². The van der Waals surface area contributed by atoms with E-state index in [1.807, 2.05) is 37.3 Å². The number of benzene rings is 1. The zero-order chi connectivity index (χ0) is 10.2. The van der Waals surface area contributed by atoms with Crippen LogP contribution in [0.3, 0.4) is 0 Å². The van der Waals surface area contributed by atoms with Gasteiger partial charge in [-0.05, 0) is 5.56 Å². The Morgan fingerprint density at radius 3 is 2.71 bits per heavy atom. The fourth-order valence-corrected chi connectivity index (χ4v) is 1.000. The van der Waals surface area contributed by atoms with E-state index in [4.69, 9.17) is 4.74 Å². The highest BCUT2D eigenvalue weighted by molar-refractivity contribution is 5.75. The summed E-state index contributed by atoms with van der Waals surface area (Å²) in [5.74, 6) is 0.0121. The Labute approximate surface area is 84.1 Å². The molecule has 1 N–H and O–H groups in total. The zero-order valence-corrected chi connectivity index (χ0v) is 8.32. The first-order valence-corrected chi connectivity index (χ1v) is 4.71. The minimum absolute atomic E-state index is 0.0121. The average Bonchev–Trinajstić information content (AvgIpc) is 2.25. The number of hydrogen-bond donors (Lipinski definition) is 1. The molecule has 0 unspecified atom stereocenters. The number of rotatable bonds is 5. The number of carbonyl (C=O) groups excluding carboxylic acids is 1. The van der Waals surface area contributed by atoms with Gasteiger partial charge in [0.25, 0.3) is 0 Å². The number of nitrogens with one attached hydrogen (secondary N) is 1. The normalized spacial score (nSPS) is 9.79. The van der Waals surface area contributed by atoms with E-state index in [0.717, 1.165) is 5.56 Å². The van der Waals surface area contributed by atoms with Crippen molar-refractivity contribution in [2.75, 3.05) is 6.73 Å². The summed E-state index contributed by atoms with van der Waals surface area (Å²) in [6.45, 7) is 2.62. The second-order valence-electron chi connectivity index (χ2n) is 2.93. The van der Waals surface area contributed by atoms with Gasteiger partial charge in [0.05, 0.1) is 6.61 Å². The van der Waals surface area contributed by atoms with E-state index in [2.05, 4.69) is 5.32 Å². The van der Waals surface area contributed by atoms with Crippen molar-refractivity contribution in [3.8, 4) is 0 Å². The van der Waals surface area contributed by atoms with Crippen LogP contribution in [-0.2, 0) is 16.1 Å². The molecule has 0 aliphatic rings. The molecule has 14 heavy (non-hydrogen) atoms. The second-order valence-corrected chi connectivity index (χ2v) is 2.93. The van der Waals surface area contributed by atoms with Gasteiger partial charge in [-0.3, -0.25) is 4.79 Å². The van der Waals surface area contributed by atoms with E-state index >= 15 is 0 Å². The highest BCUT2D eigenvalue weighted by Crippen LogP contribution is 1.99. The van der Waals surface area contributed by atoms with Crippen LogP contribution in [0.4, 0.5) is 0 Å². The van der Waals surface area contributed by atoms with Gasteiger partial charge in [0.1, 0.15) is 6.73 Å². The number of amides is 1. The lowest BCUT2D eigenvalue weighted by atomic mass is 10.2. The van der Waals surface area contributed by atoms with Gasteiger partial charge >= 0.3 is 0 Å². The van der Waals surface area contributed by atoms with Gasteiger partial charge < -0.3 is 10.1 Å². The first-order valence-electron chi connectivity index (χ1n) is 4.71. The fraction of sp³-hybridized carbons (Fsp3) is 0.364. The second kappa shape index (κ2) is 6.16. The van der Waals surface area contributed by atoms with Gasteiger partial charge in [-0.2, -0.15) is 0 Å². The van der Waals surface area contributed by atoms with Gasteiger partial charge in [-0.15, -0.1) is 0 Å². The smallest absolute Gasteiger partial charge is 0.221 e. The summed E-state index contributed by atoms with van der Waals surface area (Å²) in [6, 6.07) is 9.86. The molecule has 1 amide bonds. The molecule has 1 aromatic carbocycles. The van der Waals surface area contributed by atoms with Crippen LogP contribution in [0.5, 0.6) is 0 Å². The van der Waals surface area contributed by atoms with Crippen molar-refractivity contribution in [2.45, 2.75) is 20.0 Å². The Hall–Kier alpha value is -1.35. The summed E-state index contributed by atoms with van der Waals surface area (Å²) >= 11 is 0. The molecule has 0 spiro atoms. The van der Waals surface area contributed by atoms with E-state index in [1.165, 1.54) is 0 Å². The minimum atomic E-state index is 0.0121. The topological polar surface area (TPSA) is 38.3 Å². The molecule has 0 bridgehead atoms. The molecule has 0 radical (unpaired) electrons. The molecule has 3 nitrogen and oxygen atoms in total. The number of carbonyl (C=O) groups is 1.